The quantitative estimate of drug-likeness (QED) is 0.708. The summed E-state index contributed by atoms with van der Waals surface area (Å²) in [6.07, 6.45) is 3.57. The third-order valence-corrected chi connectivity index (χ3v) is 5.46. The Balaban J connectivity index is 2.21. The van der Waals surface area contributed by atoms with E-state index in [0.717, 1.165) is 18.5 Å². The monoisotopic (exact) mass is 413 g/mol. The van der Waals surface area contributed by atoms with Gasteiger partial charge in [0.2, 0.25) is 0 Å². The van der Waals surface area contributed by atoms with Gasteiger partial charge in [0.05, 0.1) is 29.2 Å². The number of rotatable bonds is 6. The van der Waals surface area contributed by atoms with Gasteiger partial charge in [-0.25, -0.2) is 0 Å². The number of ether oxygens (including phenoxy) is 2. The number of allylic oxidation sites excluding steroid dienone is 3. The van der Waals surface area contributed by atoms with Crippen molar-refractivity contribution < 1.29 is 14.3 Å². The number of nitriles is 1. The molecule has 0 aromatic heterocycles. The fourth-order valence-electron chi connectivity index (χ4n) is 3.90. The predicted molar refractivity (Wildman–Crippen MR) is 112 cm³/mol. The van der Waals surface area contributed by atoms with Crippen LogP contribution in [0.3, 0.4) is 0 Å². The van der Waals surface area contributed by atoms with Gasteiger partial charge in [-0.1, -0.05) is 24.3 Å². The molecule has 0 saturated heterocycles. The van der Waals surface area contributed by atoms with Gasteiger partial charge >= 0.3 is 0 Å². The molecule has 1 aliphatic carbocycles. The zero-order chi connectivity index (χ0) is 21.1. The van der Waals surface area contributed by atoms with E-state index >= 15 is 0 Å². The average molecular weight is 414 g/mol. The molecule has 2 aliphatic rings. The first-order valence-electron chi connectivity index (χ1n) is 9.54. The van der Waals surface area contributed by atoms with Gasteiger partial charge in [0, 0.05) is 24.7 Å². The van der Waals surface area contributed by atoms with E-state index in [0.29, 0.717) is 52.1 Å². The Morgan fingerprint density at radius 2 is 2.17 bits per heavy atom. The Kier molecular flexibility index (Phi) is 6.19. The second-order valence-corrected chi connectivity index (χ2v) is 7.31. The molecule has 0 fully saturated rings. The summed E-state index contributed by atoms with van der Waals surface area (Å²) in [7, 11) is 1.79. The SMILES string of the molecule is C=CCOc1c(Cl)cc([C@H]2C(C#N)=C(N)N(C)C3=C2C(=O)CCC3)cc1OCC. The van der Waals surface area contributed by atoms with Crippen molar-refractivity contribution in [3.63, 3.8) is 0 Å². The molecular weight excluding hydrogens is 390 g/mol. The molecule has 1 heterocycles. The second-order valence-electron chi connectivity index (χ2n) is 6.90. The minimum atomic E-state index is -0.579. The van der Waals surface area contributed by atoms with Crippen molar-refractivity contribution in [1.29, 1.82) is 5.26 Å². The van der Waals surface area contributed by atoms with E-state index < -0.39 is 5.92 Å². The van der Waals surface area contributed by atoms with Gasteiger partial charge in [0.1, 0.15) is 12.4 Å². The standard InChI is InChI=1S/C22H24ClN3O3/c1-4-9-29-21-15(23)10-13(11-18(21)28-5-2)19-14(12-24)22(25)26(3)16-7-6-8-17(27)20(16)19/h4,10-11,19H,1,5-9,25H2,2-3H3/t19-/m0/s1. The van der Waals surface area contributed by atoms with Crippen LogP contribution in [0.5, 0.6) is 11.5 Å². The highest BCUT2D eigenvalue weighted by atomic mass is 35.5. The van der Waals surface area contributed by atoms with Crippen molar-refractivity contribution in [1.82, 2.24) is 4.90 Å². The molecule has 0 amide bonds. The Hall–Kier alpha value is -2.91. The summed E-state index contributed by atoms with van der Waals surface area (Å²) in [6, 6.07) is 5.70. The predicted octanol–water partition coefficient (Wildman–Crippen LogP) is 4.03. The van der Waals surface area contributed by atoms with Crippen LogP contribution in [0.15, 0.2) is 47.5 Å². The molecule has 1 atom stereocenters. The van der Waals surface area contributed by atoms with E-state index in [1.807, 2.05) is 6.92 Å². The van der Waals surface area contributed by atoms with Crippen molar-refractivity contribution >= 4 is 17.4 Å². The summed E-state index contributed by atoms with van der Waals surface area (Å²) >= 11 is 6.51. The summed E-state index contributed by atoms with van der Waals surface area (Å²) in [5.41, 5.74) is 8.77. The summed E-state index contributed by atoms with van der Waals surface area (Å²) in [5, 5.41) is 10.2. The lowest BCUT2D eigenvalue weighted by atomic mass is 9.76. The van der Waals surface area contributed by atoms with Crippen molar-refractivity contribution in [3.05, 3.63) is 58.0 Å². The highest BCUT2D eigenvalue weighted by molar-refractivity contribution is 6.32. The smallest absolute Gasteiger partial charge is 0.180 e. The van der Waals surface area contributed by atoms with Crippen LogP contribution >= 0.6 is 11.6 Å². The fraction of sp³-hybridized carbons (Fsp3) is 0.364. The molecule has 152 valence electrons. The van der Waals surface area contributed by atoms with Crippen LogP contribution in [-0.4, -0.2) is 30.9 Å². The van der Waals surface area contributed by atoms with Crippen LogP contribution in [0.2, 0.25) is 5.02 Å². The third-order valence-electron chi connectivity index (χ3n) is 5.18. The van der Waals surface area contributed by atoms with Gasteiger partial charge in [0.15, 0.2) is 17.3 Å². The second kappa shape index (κ2) is 8.62. The minimum Gasteiger partial charge on any atom is -0.490 e. The van der Waals surface area contributed by atoms with E-state index in [2.05, 4.69) is 12.6 Å². The van der Waals surface area contributed by atoms with E-state index in [1.54, 1.807) is 30.2 Å². The molecule has 0 radical (unpaired) electrons. The molecule has 0 spiro atoms. The number of ketones is 1. The van der Waals surface area contributed by atoms with Crippen molar-refractivity contribution in [2.45, 2.75) is 32.1 Å². The molecule has 1 aromatic carbocycles. The zero-order valence-electron chi connectivity index (χ0n) is 16.6. The third kappa shape index (κ3) is 3.70. The topological polar surface area (TPSA) is 88.6 Å². The van der Waals surface area contributed by atoms with Crippen LogP contribution in [0.4, 0.5) is 0 Å². The lowest BCUT2D eigenvalue weighted by Crippen LogP contribution is -2.36. The molecule has 0 saturated carbocycles. The number of Topliss-reactive ketones (excluding diaryl/α,β-unsaturated/α-hetero) is 1. The number of hydrogen-bond acceptors (Lipinski definition) is 6. The highest BCUT2D eigenvalue weighted by Crippen LogP contribution is 2.47. The minimum absolute atomic E-state index is 0.0319. The van der Waals surface area contributed by atoms with E-state index in [9.17, 15) is 10.1 Å². The normalized spacial score (nSPS) is 19.0. The number of hydrogen-bond donors (Lipinski definition) is 1. The summed E-state index contributed by atoms with van der Waals surface area (Å²) in [6.45, 7) is 6.19. The molecule has 29 heavy (non-hydrogen) atoms. The lowest BCUT2D eigenvalue weighted by Gasteiger charge is -2.37. The van der Waals surface area contributed by atoms with Crippen LogP contribution in [0.1, 0.15) is 37.7 Å². The van der Waals surface area contributed by atoms with Crippen LogP contribution in [0.25, 0.3) is 0 Å². The summed E-state index contributed by atoms with van der Waals surface area (Å²) in [4.78, 5) is 14.6. The maximum absolute atomic E-state index is 12.9. The first-order chi connectivity index (χ1) is 13.9. The number of halogens is 1. The largest absolute Gasteiger partial charge is 0.490 e. The van der Waals surface area contributed by atoms with Crippen LogP contribution in [0, 0.1) is 11.3 Å². The molecular formula is C22H24ClN3O3. The maximum Gasteiger partial charge on any atom is 0.180 e. The highest BCUT2D eigenvalue weighted by Gasteiger charge is 2.39. The van der Waals surface area contributed by atoms with Crippen LogP contribution < -0.4 is 15.2 Å². The van der Waals surface area contributed by atoms with Crippen LogP contribution in [-0.2, 0) is 4.79 Å². The average Bonchev–Trinajstić information content (AvgIpc) is 2.70. The number of nitrogens with two attached hydrogens (primary N) is 1. The van der Waals surface area contributed by atoms with Gasteiger partial charge in [-0.15, -0.1) is 0 Å². The zero-order valence-corrected chi connectivity index (χ0v) is 17.4. The molecule has 0 bridgehead atoms. The van der Waals surface area contributed by atoms with Crippen molar-refractivity contribution in [2.75, 3.05) is 20.3 Å². The number of benzene rings is 1. The number of carbonyl (C=O) groups excluding carboxylic acids is 1. The van der Waals surface area contributed by atoms with Gasteiger partial charge in [0.25, 0.3) is 0 Å². The lowest BCUT2D eigenvalue weighted by molar-refractivity contribution is -0.116. The number of carbonyl (C=O) groups is 1. The summed E-state index contributed by atoms with van der Waals surface area (Å²) in [5.74, 6) is 0.669. The molecule has 0 unspecified atom stereocenters. The van der Waals surface area contributed by atoms with Gasteiger partial charge < -0.3 is 20.1 Å². The molecule has 7 heteroatoms. The van der Waals surface area contributed by atoms with Crippen molar-refractivity contribution in [3.8, 4) is 17.6 Å². The first kappa shape index (κ1) is 20.8. The number of nitrogens with zero attached hydrogens (tertiary/aromatic N) is 2. The van der Waals surface area contributed by atoms with Gasteiger partial charge in [-0.3, -0.25) is 4.79 Å². The van der Waals surface area contributed by atoms with E-state index in [-0.39, 0.29) is 12.4 Å². The Bertz CT molecular complexity index is 959. The molecule has 1 aromatic rings. The van der Waals surface area contributed by atoms with Gasteiger partial charge in [-0.2, -0.15) is 5.26 Å². The van der Waals surface area contributed by atoms with E-state index in [4.69, 9.17) is 26.8 Å². The summed E-state index contributed by atoms with van der Waals surface area (Å²) < 4.78 is 11.4. The van der Waals surface area contributed by atoms with Crippen molar-refractivity contribution in [2.24, 2.45) is 5.73 Å². The molecule has 1 aliphatic heterocycles. The first-order valence-corrected chi connectivity index (χ1v) is 9.91. The molecule has 6 nitrogen and oxygen atoms in total. The Morgan fingerprint density at radius 1 is 1.41 bits per heavy atom. The fourth-order valence-corrected chi connectivity index (χ4v) is 4.17. The van der Waals surface area contributed by atoms with Gasteiger partial charge in [-0.05, 0) is 37.5 Å². The van der Waals surface area contributed by atoms with E-state index in [1.165, 1.54) is 0 Å². The molecule has 3 rings (SSSR count). The molecule has 2 N–H and O–H groups in total. The maximum atomic E-state index is 12.9. The Morgan fingerprint density at radius 3 is 2.83 bits per heavy atom. The Labute approximate surface area is 175 Å².